The highest BCUT2D eigenvalue weighted by Gasteiger charge is 2.29. The van der Waals surface area contributed by atoms with Crippen molar-refractivity contribution in [3.05, 3.63) is 36.0 Å². The average molecular weight is 286 g/mol. The fourth-order valence-electron chi connectivity index (χ4n) is 3.20. The number of likely N-dealkylation sites (tertiary alicyclic amines) is 1. The molecule has 0 radical (unpaired) electrons. The molecule has 2 aromatic rings. The largest absolute Gasteiger partial charge is 0.383 e. The molecule has 4 heteroatoms. The summed E-state index contributed by atoms with van der Waals surface area (Å²) in [5.41, 5.74) is 2.57. The van der Waals surface area contributed by atoms with E-state index in [1.807, 2.05) is 4.90 Å². The van der Waals surface area contributed by atoms with Crippen LogP contribution in [0.2, 0.25) is 0 Å². The third kappa shape index (κ3) is 2.95. The molecule has 0 spiro atoms. The topological polar surface area (TPSA) is 34.5 Å². The quantitative estimate of drug-likeness (QED) is 0.844. The molecule has 2 heterocycles. The van der Waals surface area contributed by atoms with Crippen LogP contribution in [-0.4, -0.2) is 42.2 Å². The first-order valence-corrected chi connectivity index (χ1v) is 7.48. The van der Waals surface area contributed by atoms with Gasteiger partial charge >= 0.3 is 0 Å². The molecule has 3 rings (SSSR count). The minimum Gasteiger partial charge on any atom is -0.383 e. The molecule has 112 valence electrons. The summed E-state index contributed by atoms with van der Waals surface area (Å²) in [7, 11) is 3.73. The van der Waals surface area contributed by atoms with Crippen LogP contribution in [0.3, 0.4) is 0 Å². The number of hydrogen-bond donors (Lipinski definition) is 0. The van der Waals surface area contributed by atoms with Crippen molar-refractivity contribution in [2.24, 2.45) is 13.0 Å². The summed E-state index contributed by atoms with van der Waals surface area (Å²) in [6.07, 6.45) is 3.72. The number of fused-ring (bicyclic) bond motifs is 1. The van der Waals surface area contributed by atoms with Gasteiger partial charge in [-0.05, 0) is 41.5 Å². The van der Waals surface area contributed by atoms with Crippen molar-refractivity contribution in [3.8, 4) is 0 Å². The van der Waals surface area contributed by atoms with E-state index in [1.54, 1.807) is 7.11 Å². The average Bonchev–Trinajstić information content (AvgIpc) is 3.00. The summed E-state index contributed by atoms with van der Waals surface area (Å²) in [4.78, 5) is 13.9. The number of carbonyl (C=O) groups excluding carboxylic acids is 1. The Balaban J connectivity index is 1.67. The molecule has 4 nitrogen and oxygen atoms in total. The first-order valence-electron chi connectivity index (χ1n) is 7.48. The van der Waals surface area contributed by atoms with Gasteiger partial charge in [0, 0.05) is 45.4 Å². The van der Waals surface area contributed by atoms with Gasteiger partial charge in [0.05, 0.1) is 6.61 Å². The first-order chi connectivity index (χ1) is 10.2. The van der Waals surface area contributed by atoms with E-state index < -0.39 is 0 Å². The van der Waals surface area contributed by atoms with Gasteiger partial charge in [-0.3, -0.25) is 4.79 Å². The molecule has 21 heavy (non-hydrogen) atoms. The number of hydrogen-bond acceptors (Lipinski definition) is 2. The number of nitrogens with zero attached hydrogens (tertiary/aromatic N) is 2. The second-order valence-corrected chi connectivity index (χ2v) is 5.93. The maximum Gasteiger partial charge on any atom is 0.223 e. The molecule has 1 saturated heterocycles. The Kier molecular flexibility index (Phi) is 3.97. The van der Waals surface area contributed by atoms with Crippen LogP contribution in [0.4, 0.5) is 0 Å². The van der Waals surface area contributed by atoms with E-state index in [2.05, 4.69) is 42.1 Å². The molecule has 0 N–H and O–H groups in total. The molecule has 1 aliphatic heterocycles. The van der Waals surface area contributed by atoms with Crippen molar-refractivity contribution in [3.63, 3.8) is 0 Å². The van der Waals surface area contributed by atoms with Crippen LogP contribution in [0, 0.1) is 5.92 Å². The maximum absolute atomic E-state index is 12.0. The van der Waals surface area contributed by atoms with Crippen molar-refractivity contribution >= 4 is 16.8 Å². The Morgan fingerprint density at radius 2 is 2.19 bits per heavy atom. The van der Waals surface area contributed by atoms with Crippen LogP contribution in [0.15, 0.2) is 30.5 Å². The lowest BCUT2D eigenvalue weighted by Crippen LogP contribution is -2.28. The van der Waals surface area contributed by atoms with Crippen LogP contribution in [0.5, 0.6) is 0 Å². The molecule has 0 saturated carbocycles. The highest BCUT2D eigenvalue weighted by molar-refractivity contribution is 5.81. The van der Waals surface area contributed by atoms with Crippen molar-refractivity contribution in [1.29, 1.82) is 0 Å². The molecule has 0 unspecified atom stereocenters. The van der Waals surface area contributed by atoms with Gasteiger partial charge < -0.3 is 14.2 Å². The zero-order chi connectivity index (χ0) is 14.8. The van der Waals surface area contributed by atoms with Crippen LogP contribution in [0.1, 0.15) is 12.0 Å². The zero-order valence-corrected chi connectivity index (χ0v) is 12.7. The van der Waals surface area contributed by atoms with Crippen LogP contribution in [-0.2, 0) is 23.0 Å². The van der Waals surface area contributed by atoms with Gasteiger partial charge in [0.1, 0.15) is 0 Å². The number of amides is 1. The number of methoxy groups -OCH3 is 1. The van der Waals surface area contributed by atoms with Gasteiger partial charge in [0.2, 0.25) is 5.91 Å². The minimum absolute atomic E-state index is 0.262. The van der Waals surface area contributed by atoms with E-state index >= 15 is 0 Å². The zero-order valence-electron chi connectivity index (χ0n) is 12.7. The minimum atomic E-state index is 0.262. The highest BCUT2D eigenvalue weighted by Crippen LogP contribution is 2.24. The molecule has 0 aliphatic carbocycles. The summed E-state index contributed by atoms with van der Waals surface area (Å²) in [5.74, 6) is 0.688. The number of carbonyl (C=O) groups is 1. The van der Waals surface area contributed by atoms with E-state index in [4.69, 9.17) is 4.74 Å². The smallest absolute Gasteiger partial charge is 0.223 e. The Hall–Kier alpha value is -1.81. The molecule has 1 aromatic heterocycles. The third-order valence-electron chi connectivity index (χ3n) is 4.33. The molecule has 1 atom stereocenters. The Morgan fingerprint density at radius 3 is 3.00 bits per heavy atom. The normalized spacial score (nSPS) is 18.9. The lowest BCUT2D eigenvalue weighted by molar-refractivity contribution is -0.128. The van der Waals surface area contributed by atoms with Crippen LogP contribution in [0.25, 0.3) is 10.9 Å². The number of benzene rings is 1. The third-order valence-corrected chi connectivity index (χ3v) is 4.33. The SMILES string of the molecule is COCCN1C[C@H](Cc2ccc3c(ccn3C)c2)CC1=O. The Morgan fingerprint density at radius 1 is 1.33 bits per heavy atom. The molecule has 1 fully saturated rings. The fourth-order valence-corrected chi connectivity index (χ4v) is 3.20. The molecule has 1 amide bonds. The van der Waals surface area contributed by atoms with E-state index in [1.165, 1.54) is 16.5 Å². The lowest BCUT2D eigenvalue weighted by atomic mass is 9.98. The van der Waals surface area contributed by atoms with Gasteiger partial charge in [0.15, 0.2) is 0 Å². The standard InChI is InChI=1S/C17H22N2O2/c1-18-6-5-15-10-13(3-4-16(15)18)9-14-11-17(20)19(12-14)7-8-21-2/h3-6,10,14H,7-9,11-12H2,1-2H3/t14-/m1/s1. The highest BCUT2D eigenvalue weighted by atomic mass is 16.5. The molecule has 0 bridgehead atoms. The van der Waals surface area contributed by atoms with Crippen molar-refractivity contribution in [2.45, 2.75) is 12.8 Å². The van der Waals surface area contributed by atoms with Crippen LogP contribution < -0.4 is 0 Å². The Bertz CT molecular complexity index is 647. The molecular formula is C17H22N2O2. The predicted molar refractivity (Wildman–Crippen MR) is 83.2 cm³/mol. The van der Waals surface area contributed by atoms with Gasteiger partial charge in [-0.15, -0.1) is 0 Å². The summed E-state index contributed by atoms with van der Waals surface area (Å²) >= 11 is 0. The number of aromatic nitrogens is 1. The Labute approximate surface area is 125 Å². The summed E-state index contributed by atoms with van der Waals surface area (Å²) in [6.45, 7) is 2.19. The molecular weight excluding hydrogens is 264 g/mol. The van der Waals surface area contributed by atoms with E-state index in [-0.39, 0.29) is 5.91 Å². The van der Waals surface area contributed by atoms with Crippen molar-refractivity contribution in [2.75, 3.05) is 26.8 Å². The maximum atomic E-state index is 12.0. The molecule has 1 aromatic carbocycles. The van der Waals surface area contributed by atoms with E-state index in [0.29, 0.717) is 25.5 Å². The summed E-state index contributed by atoms with van der Waals surface area (Å²) in [6, 6.07) is 8.75. The predicted octanol–water partition coefficient (Wildman–Crippen LogP) is 2.22. The van der Waals surface area contributed by atoms with Crippen molar-refractivity contribution in [1.82, 2.24) is 9.47 Å². The molecule has 1 aliphatic rings. The number of rotatable bonds is 5. The van der Waals surface area contributed by atoms with E-state index in [0.717, 1.165) is 13.0 Å². The fraction of sp³-hybridized carbons (Fsp3) is 0.471. The lowest BCUT2D eigenvalue weighted by Gasteiger charge is -2.16. The first kappa shape index (κ1) is 14.1. The number of aryl methyl sites for hydroxylation is 1. The summed E-state index contributed by atoms with van der Waals surface area (Å²) in [5, 5.41) is 1.27. The second-order valence-electron chi connectivity index (χ2n) is 5.93. The second kappa shape index (κ2) is 5.90. The number of ether oxygens (including phenoxy) is 1. The van der Waals surface area contributed by atoms with Gasteiger partial charge in [0.25, 0.3) is 0 Å². The van der Waals surface area contributed by atoms with Crippen molar-refractivity contribution < 1.29 is 9.53 Å². The van der Waals surface area contributed by atoms with Crippen LogP contribution >= 0.6 is 0 Å². The van der Waals surface area contributed by atoms with Gasteiger partial charge in [-0.2, -0.15) is 0 Å². The van der Waals surface area contributed by atoms with Gasteiger partial charge in [-0.1, -0.05) is 6.07 Å². The monoisotopic (exact) mass is 286 g/mol. The van der Waals surface area contributed by atoms with E-state index in [9.17, 15) is 4.79 Å². The summed E-state index contributed by atoms with van der Waals surface area (Å²) < 4.78 is 7.19. The van der Waals surface area contributed by atoms with Gasteiger partial charge in [-0.25, -0.2) is 0 Å².